The van der Waals surface area contributed by atoms with Gasteiger partial charge in [-0.3, -0.25) is 9.59 Å². The number of Topliss-reactive ketones (excluding diaryl/α,β-unsaturated/α-hetero) is 1. The topological polar surface area (TPSA) is 43.4 Å². The lowest BCUT2D eigenvalue weighted by Gasteiger charge is -2.14. The van der Waals surface area contributed by atoms with Crippen LogP contribution in [-0.2, 0) is 9.53 Å². The maximum absolute atomic E-state index is 13.5. The quantitative estimate of drug-likeness (QED) is 0.453. The lowest BCUT2D eigenvalue weighted by Crippen LogP contribution is -2.27. The molecule has 1 atom stereocenters. The molecule has 0 aliphatic carbocycles. The van der Waals surface area contributed by atoms with E-state index in [4.69, 9.17) is 4.74 Å². The second-order valence-corrected chi connectivity index (χ2v) is 4.08. The maximum atomic E-state index is 13.5. The molecular weight excluding hydrogens is 254 g/mol. The van der Waals surface area contributed by atoms with E-state index in [0.717, 1.165) is 12.1 Å². The van der Waals surface area contributed by atoms with Gasteiger partial charge in [-0.25, -0.2) is 8.78 Å². The average Bonchev–Trinajstić information content (AvgIpc) is 2.35. The fourth-order valence-corrected chi connectivity index (χ4v) is 1.76. The predicted molar refractivity (Wildman–Crippen MR) is 65.7 cm³/mol. The van der Waals surface area contributed by atoms with Gasteiger partial charge < -0.3 is 4.74 Å². The van der Waals surface area contributed by atoms with E-state index >= 15 is 0 Å². The largest absolute Gasteiger partial charge is 0.465 e. The van der Waals surface area contributed by atoms with E-state index in [-0.39, 0.29) is 18.6 Å². The van der Waals surface area contributed by atoms with Gasteiger partial charge in [0.15, 0.2) is 5.78 Å². The molecule has 0 spiro atoms. The fraction of sp³-hybridized carbons (Fsp3) is 0.429. The molecule has 0 amide bonds. The van der Waals surface area contributed by atoms with E-state index in [1.165, 1.54) is 0 Å². The number of hydrogen-bond donors (Lipinski definition) is 0. The molecule has 1 rings (SSSR count). The third-order valence-corrected chi connectivity index (χ3v) is 2.66. The van der Waals surface area contributed by atoms with Crippen molar-refractivity contribution < 1.29 is 23.1 Å². The summed E-state index contributed by atoms with van der Waals surface area (Å²) in [5.41, 5.74) is -0.284. The normalized spacial score (nSPS) is 12.0. The minimum Gasteiger partial charge on any atom is -0.465 e. The Hall–Kier alpha value is -1.78. The molecule has 1 aromatic carbocycles. The number of carbonyl (C=O) groups excluding carboxylic acids is 2. The minimum atomic E-state index is -1.04. The van der Waals surface area contributed by atoms with Gasteiger partial charge in [0, 0.05) is 6.07 Å². The highest BCUT2D eigenvalue weighted by Crippen LogP contribution is 2.19. The monoisotopic (exact) mass is 270 g/mol. The number of carbonyl (C=O) groups is 2. The Bertz CT molecular complexity index is 472. The molecule has 0 N–H and O–H groups in total. The summed E-state index contributed by atoms with van der Waals surface area (Å²) >= 11 is 0. The van der Waals surface area contributed by atoms with Crippen molar-refractivity contribution in [3.05, 3.63) is 35.4 Å². The number of benzene rings is 1. The molecule has 0 aliphatic rings. The van der Waals surface area contributed by atoms with Crippen LogP contribution in [0.2, 0.25) is 0 Å². The lowest BCUT2D eigenvalue weighted by atomic mass is 9.93. The second kappa shape index (κ2) is 6.97. The van der Waals surface area contributed by atoms with Gasteiger partial charge in [-0.1, -0.05) is 13.3 Å². The Balaban J connectivity index is 3.02. The summed E-state index contributed by atoms with van der Waals surface area (Å²) in [5, 5.41) is 0. The van der Waals surface area contributed by atoms with Gasteiger partial charge in [0.2, 0.25) is 0 Å². The van der Waals surface area contributed by atoms with Crippen molar-refractivity contribution in [3.8, 4) is 0 Å². The molecule has 0 aliphatic heterocycles. The Morgan fingerprint density at radius 3 is 2.47 bits per heavy atom. The average molecular weight is 270 g/mol. The molecule has 5 heteroatoms. The Morgan fingerprint density at radius 1 is 1.26 bits per heavy atom. The molecule has 104 valence electrons. The van der Waals surface area contributed by atoms with Gasteiger partial charge in [0.1, 0.15) is 17.6 Å². The minimum absolute atomic E-state index is 0.151. The van der Waals surface area contributed by atoms with Gasteiger partial charge in [-0.05, 0) is 25.5 Å². The molecule has 0 radical (unpaired) electrons. The third kappa shape index (κ3) is 3.84. The molecule has 1 aromatic rings. The third-order valence-electron chi connectivity index (χ3n) is 2.66. The zero-order valence-electron chi connectivity index (χ0n) is 10.9. The second-order valence-electron chi connectivity index (χ2n) is 4.08. The number of ketones is 1. The molecule has 1 unspecified atom stereocenters. The summed E-state index contributed by atoms with van der Waals surface area (Å²) < 4.78 is 31.1. The van der Waals surface area contributed by atoms with Crippen LogP contribution in [-0.4, -0.2) is 18.4 Å². The first-order valence-corrected chi connectivity index (χ1v) is 6.17. The van der Waals surface area contributed by atoms with Crippen molar-refractivity contribution in [1.82, 2.24) is 0 Å². The summed E-state index contributed by atoms with van der Waals surface area (Å²) in [6.07, 6.45) is 0.854. The maximum Gasteiger partial charge on any atom is 0.316 e. The van der Waals surface area contributed by atoms with Crippen molar-refractivity contribution in [2.45, 2.75) is 26.7 Å². The molecule has 0 saturated heterocycles. The standard InChI is InChI=1S/C14H16F2O3/c1-3-5-11(14(18)19-4-2)13(17)10-7-6-9(15)8-12(10)16/h6-8,11H,3-5H2,1-2H3. The first-order valence-electron chi connectivity index (χ1n) is 6.17. The van der Waals surface area contributed by atoms with Crippen LogP contribution in [0.5, 0.6) is 0 Å². The fourth-order valence-electron chi connectivity index (χ4n) is 1.76. The van der Waals surface area contributed by atoms with Gasteiger partial charge in [0.25, 0.3) is 0 Å². The van der Waals surface area contributed by atoms with E-state index in [2.05, 4.69) is 0 Å². The summed E-state index contributed by atoms with van der Waals surface area (Å²) in [6, 6.07) is 2.67. The van der Waals surface area contributed by atoms with Gasteiger partial charge in [-0.2, -0.15) is 0 Å². The van der Waals surface area contributed by atoms with E-state index < -0.39 is 29.3 Å². The van der Waals surface area contributed by atoms with Crippen molar-refractivity contribution in [2.24, 2.45) is 5.92 Å². The van der Waals surface area contributed by atoms with Crippen LogP contribution in [0.3, 0.4) is 0 Å². The van der Waals surface area contributed by atoms with Crippen LogP contribution < -0.4 is 0 Å². The Kier molecular flexibility index (Phi) is 5.60. The van der Waals surface area contributed by atoms with Gasteiger partial charge >= 0.3 is 5.97 Å². The molecule has 0 aromatic heterocycles. The molecule has 0 saturated carbocycles. The Morgan fingerprint density at radius 2 is 1.95 bits per heavy atom. The van der Waals surface area contributed by atoms with Crippen molar-refractivity contribution in [2.75, 3.05) is 6.61 Å². The first-order chi connectivity index (χ1) is 9.01. The highest BCUT2D eigenvalue weighted by molar-refractivity contribution is 6.08. The number of esters is 1. The van der Waals surface area contributed by atoms with Crippen LogP contribution in [0.25, 0.3) is 0 Å². The van der Waals surface area contributed by atoms with Crippen LogP contribution in [0.1, 0.15) is 37.0 Å². The summed E-state index contributed by atoms with van der Waals surface area (Å²) in [6.45, 7) is 3.59. The van der Waals surface area contributed by atoms with Crippen LogP contribution in [0.15, 0.2) is 18.2 Å². The number of halogens is 2. The van der Waals surface area contributed by atoms with Crippen molar-refractivity contribution >= 4 is 11.8 Å². The first kappa shape index (κ1) is 15.3. The van der Waals surface area contributed by atoms with Gasteiger partial charge in [-0.15, -0.1) is 0 Å². The smallest absolute Gasteiger partial charge is 0.316 e. The Labute approximate surface area is 110 Å². The SMILES string of the molecule is CCCC(C(=O)OCC)C(=O)c1ccc(F)cc1F. The van der Waals surface area contributed by atoms with Crippen molar-refractivity contribution in [3.63, 3.8) is 0 Å². The van der Waals surface area contributed by atoms with Crippen LogP contribution in [0.4, 0.5) is 8.78 Å². The number of rotatable bonds is 6. The predicted octanol–water partition coefficient (Wildman–Crippen LogP) is 3.13. The highest BCUT2D eigenvalue weighted by Gasteiger charge is 2.29. The molecule has 3 nitrogen and oxygen atoms in total. The highest BCUT2D eigenvalue weighted by atomic mass is 19.1. The molecule has 0 fully saturated rings. The van der Waals surface area contributed by atoms with Gasteiger partial charge in [0.05, 0.1) is 12.2 Å². The van der Waals surface area contributed by atoms with Crippen molar-refractivity contribution in [1.29, 1.82) is 0 Å². The molecule has 19 heavy (non-hydrogen) atoms. The zero-order chi connectivity index (χ0) is 14.4. The lowest BCUT2D eigenvalue weighted by molar-refractivity contribution is -0.146. The molecule has 0 bridgehead atoms. The van der Waals surface area contributed by atoms with E-state index in [1.807, 2.05) is 0 Å². The van der Waals surface area contributed by atoms with Crippen LogP contribution in [0, 0.1) is 17.6 Å². The number of hydrogen-bond acceptors (Lipinski definition) is 3. The number of ether oxygens (including phenoxy) is 1. The van der Waals surface area contributed by atoms with E-state index in [1.54, 1.807) is 13.8 Å². The summed E-state index contributed by atoms with van der Waals surface area (Å²) in [4.78, 5) is 23.8. The van der Waals surface area contributed by atoms with Crippen LogP contribution >= 0.6 is 0 Å². The molecule has 0 heterocycles. The summed E-state index contributed by atoms with van der Waals surface area (Å²) in [5.74, 6) is -4.10. The zero-order valence-corrected chi connectivity index (χ0v) is 10.9. The van der Waals surface area contributed by atoms with E-state index in [0.29, 0.717) is 12.5 Å². The van der Waals surface area contributed by atoms with E-state index in [9.17, 15) is 18.4 Å². The summed E-state index contributed by atoms with van der Waals surface area (Å²) in [7, 11) is 0. The molecular formula is C14H16F2O3.